The van der Waals surface area contributed by atoms with Gasteiger partial charge < -0.3 is 10.6 Å². The Kier molecular flexibility index (Phi) is 5.79. The van der Waals surface area contributed by atoms with Crippen LogP contribution in [0, 0.1) is 0 Å². The molecule has 1 aliphatic rings. The molecule has 2 heterocycles. The predicted octanol–water partition coefficient (Wildman–Crippen LogP) is 1.75. The third kappa shape index (κ3) is 5.03. The number of carbonyl (C=O) groups is 2. The molecule has 0 saturated carbocycles. The monoisotopic (exact) mass is 418 g/mol. The van der Waals surface area contributed by atoms with Crippen LogP contribution in [0.4, 0.5) is 5.82 Å². The Bertz CT molecular complexity index is 1020. The lowest BCUT2D eigenvalue weighted by Crippen LogP contribution is -2.37. The van der Waals surface area contributed by atoms with Crippen molar-refractivity contribution in [3.63, 3.8) is 0 Å². The van der Waals surface area contributed by atoms with Gasteiger partial charge in [0.15, 0.2) is 9.84 Å². The standard InChI is InChI=1S/C20H26N4O4S/c1-20(2,3)24-17(15-12-29(27,28)13-16(15)23-24)22-19(26)18(25)21-11-7-10-14-8-5-4-6-9-14/h4-6,8-9H,7,10-13H2,1-3H3,(H,21,25)(H,22,26). The average Bonchev–Trinajstić information content (AvgIpc) is 3.12. The van der Waals surface area contributed by atoms with Gasteiger partial charge in [0, 0.05) is 12.1 Å². The second kappa shape index (κ2) is 7.98. The zero-order valence-electron chi connectivity index (χ0n) is 16.9. The summed E-state index contributed by atoms with van der Waals surface area (Å²) in [6, 6.07) is 9.88. The van der Waals surface area contributed by atoms with Gasteiger partial charge in [-0.05, 0) is 39.2 Å². The van der Waals surface area contributed by atoms with E-state index in [0.29, 0.717) is 24.2 Å². The maximum absolute atomic E-state index is 12.4. The van der Waals surface area contributed by atoms with Gasteiger partial charge in [-0.3, -0.25) is 9.59 Å². The summed E-state index contributed by atoms with van der Waals surface area (Å²) in [5.74, 6) is -1.65. The van der Waals surface area contributed by atoms with Gasteiger partial charge in [-0.25, -0.2) is 13.1 Å². The summed E-state index contributed by atoms with van der Waals surface area (Å²) in [5.41, 5.74) is 1.57. The van der Waals surface area contributed by atoms with Gasteiger partial charge in [-0.1, -0.05) is 30.3 Å². The van der Waals surface area contributed by atoms with Crippen LogP contribution in [0.15, 0.2) is 30.3 Å². The van der Waals surface area contributed by atoms with E-state index in [1.807, 2.05) is 51.1 Å². The van der Waals surface area contributed by atoms with Crippen molar-refractivity contribution in [2.24, 2.45) is 0 Å². The Hall–Kier alpha value is -2.68. The third-order valence-corrected chi connectivity index (χ3v) is 6.07. The zero-order valence-corrected chi connectivity index (χ0v) is 17.7. The van der Waals surface area contributed by atoms with Crippen molar-refractivity contribution in [3.05, 3.63) is 47.2 Å². The molecule has 0 radical (unpaired) electrons. The van der Waals surface area contributed by atoms with E-state index in [2.05, 4.69) is 15.7 Å². The Balaban J connectivity index is 1.63. The summed E-state index contributed by atoms with van der Waals surface area (Å²) >= 11 is 0. The van der Waals surface area contributed by atoms with E-state index in [9.17, 15) is 18.0 Å². The normalized spacial score (nSPS) is 15.0. The first kappa shape index (κ1) is 21.0. The molecule has 0 fully saturated rings. The van der Waals surface area contributed by atoms with Crippen molar-refractivity contribution in [3.8, 4) is 0 Å². The summed E-state index contributed by atoms with van der Waals surface area (Å²) in [7, 11) is -3.27. The molecule has 2 amide bonds. The lowest BCUT2D eigenvalue weighted by atomic mass is 10.1. The Labute approximate surface area is 170 Å². The first-order chi connectivity index (χ1) is 13.6. The summed E-state index contributed by atoms with van der Waals surface area (Å²) in [4.78, 5) is 24.6. The SMILES string of the molecule is CC(C)(C)n1nc2c(c1NC(=O)C(=O)NCCCc1ccccc1)CS(=O)(=O)C2. The Morgan fingerprint density at radius 3 is 2.45 bits per heavy atom. The molecule has 0 atom stereocenters. The first-order valence-corrected chi connectivity index (χ1v) is 11.3. The van der Waals surface area contributed by atoms with Crippen LogP contribution in [0.3, 0.4) is 0 Å². The molecular formula is C20H26N4O4S. The lowest BCUT2D eigenvalue weighted by molar-refractivity contribution is -0.136. The van der Waals surface area contributed by atoms with Gasteiger partial charge in [-0.2, -0.15) is 5.10 Å². The van der Waals surface area contributed by atoms with Crippen molar-refractivity contribution in [1.82, 2.24) is 15.1 Å². The maximum atomic E-state index is 12.4. The molecule has 0 unspecified atom stereocenters. The van der Waals surface area contributed by atoms with Crippen molar-refractivity contribution in [2.75, 3.05) is 11.9 Å². The molecule has 0 saturated heterocycles. The summed E-state index contributed by atoms with van der Waals surface area (Å²) in [6.45, 7) is 6.04. The highest BCUT2D eigenvalue weighted by Crippen LogP contribution is 2.34. The fourth-order valence-corrected chi connectivity index (χ4v) is 4.73. The van der Waals surface area contributed by atoms with E-state index in [0.717, 1.165) is 12.0 Å². The van der Waals surface area contributed by atoms with Crippen LogP contribution in [0.25, 0.3) is 0 Å². The van der Waals surface area contributed by atoms with Crippen molar-refractivity contribution < 1.29 is 18.0 Å². The highest BCUT2D eigenvalue weighted by molar-refractivity contribution is 7.90. The number of sulfone groups is 1. The van der Waals surface area contributed by atoms with Crippen LogP contribution in [-0.4, -0.2) is 36.6 Å². The minimum absolute atomic E-state index is 0.153. The van der Waals surface area contributed by atoms with Gasteiger partial charge in [0.2, 0.25) is 0 Å². The lowest BCUT2D eigenvalue weighted by Gasteiger charge is -2.23. The van der Waals surface area contributed by atoms with Crippen molar-refractivity contribution >= 4 is 27.5 Å². The molecule has 1 aromatic heterocycles. The number of carbonyl (C=O) groups excluding carboxylic acids is 2. The van der Waals surface area contributed by atoms with Crippen LogP contribution < -0.4 is 10.6 Å². The number of benzene rings is 1. The van der Waals surface area contributed by atoms with E-state index >= 15 is 0 Å². The second-order valence-electron chi connectivity index (χ2n) is 8.19. The number of aromatic nitrogens is 2. The first-order valence-electron chi connectivity index (χ1n) is 9.51. The number of fused-ring (bicyclic) bond motifs is 1. The van der Waals surface area contributed by atoms with Gasteiger partial charge in [0.05, 0.1) is 22.7 Å². The molecule has 8 nitrogen and oxygen atoms in total. The number of hydrogen-bond donors (Lipinski definition) is 2. The molecular weight excluding hydrogens is 392 g/mol. The molecule has 29 heavy (non-hydrogen) atoms. The van der Waals surface area contributed by atoms with Gasteiger partial charge in [0.1, 0.15) is 5.82 Å². The molecule has 2 aromatic rings. The molecule has 2 N–H and O–H groups in total. The Morgan fingerprint density at radius 2 is 1.79 bits per heavy atom. The molecule has 0 bridgehead atoms. The van der Waals surface area contributed by atoms with Crippen LogP contribution in [0.5, 0.6) is 0 Å². The Morgan fingerprint density at radius 1 is 1.10 bits per heavy atom. The minimum atomic E-state index is -3.27. The fourth-order valence-electron chi connectivity index (χ4n) is 3.24. The highest BCUT2D eigenvalue weighted by atomic mass is 32.2. The quantitative estimate of drug-likeness (QED) is 0.568. The number of nitrogens with one attached hydrogen (secondary N) is 2. The van der Waals surface area contributed by atoms with E-state index < -0.39 is 27.2 Å². The van der Waals surface area contributed by atoms with Gasteiger partial charge >= 0.3 is 11.8 Å². The smallest absolute Gasteiger partial charge is 0.314 e. The molecule has 3 rings (SSSR count). The minimum Gasteiger partial charge on any atom is -0.348 e. The summed E-state index contributed by atoms with van der Waals surface area (Å²) < 4.78 is 25.4. The van der Waals surface area contributed by atoms with E-state index in [1.165, 1.54) is 0 Å². The number of rotatable bonds is 5. The third-order valence-electron chi connectivity index (χ3n) is 4.63. The van der Waals surface area contributed by atoms with Crippen LogP contribution >= 0.6 is 0 Å². The van der Waals surface area contributed by atoms with Crippen molar-refractivity contribution in [1.29, 1.82) is 0 Å². The molecule has 0 aliphatic carbocycles. The fraction of sp³-hybridized carbons (Fsp3) is 0.450. The topological polar surface area (TPSA) is 110 Å². The molecule has 9 heteroatoms. The molecule has 0 spiro atoms. The predicted molar refractivity (Wildman–Crippen MR) is 110 cm³/mol. The number of amides is 2. The van der Waals surface area contributed by atoms with E-state index in [4.69, 9.17) is 0 Å². The summed E-state index contributed by atoms with van der Waals surface area (Å²) in [5, 5.41) is 9.56. The maximum Gasteiger partial charge on any atom is 0.314 e. The average molecular weight is 419 g/mol. The largest absolute Gasteiger partial charge is 0.348 e. The number of anilines is 1. The van der Waals surface area contributed by atoms with E-state index in [-0.39, 0.29) is 17.3 Å². The molecule has 1 aromatic carbocycles. The van der Waals surface area contributed by atoms with Gasteiger partial charge in [-0.15, -0.1) is 0 Å². The highest BCUT2D eigenvalue weighted by Gasteiger charge is 2.35. The summed E-state index contributed by atoms with van der Waals surface area (Å²) in [6.07, 6.45) is 1.50. The van der Waals surface area contributed by atoms with Crippen LogP contribution in [0.1, 0.15) is 44.0 Å². The molecule has 1 aliphatic heterocycles. The number of nitrogens with zero attached hydrogens (tertiary/aromatic N) is 2. The van der Waals surface area contributed by atoms with Crippen LogP contribution in [-0.2, 0) is 42.9 Å². The number of aryl methyl sites for hydroxylation is 1. The van der Waals surface area contributed by atoms with Crippen molar-refractivity contribution in [2.45, 2.75) is 50.7 Å². The van der Waals surface area contributed by atoms with E-state index in [1.54, 1.807) is 4.68 Å². The number of hydrogen-bond acceptors (Lipinski definition) is 5. The second-order valence-corrected chi connectivity index (χ2v) is 10.3. The van der Waals surface area contributed by atoms with Crippen LogP contribution in [0.2, 0.25) is 0 Å². The zero-order chi connectivity index (χ0) is 21.2. The molecule has 156 valence electrons. The van der Waals surface area contributed by atoms with Gasteiger partial charge in [0.25, 0.3) is 0 Å².